The molecular formula is C17H19N5O. The number of amides is 1. The van der Waals surface area contributed by atoms with Gasteiger partial charge in [-0.2, -0.15) is 10.2 Å². The maximum atomic E-state index is 12.2. The van der Waals surface area contributed by atoms with Crippen molar-refractivity contribution in [3.05, 3.63) is 65.1 Å². The zero-order valence-electron chi connectivity index (χ0n) is 13.4. The molecule has 0 atom stereocenters. The molecule has 0 unspecified atom stereocenters. The van der Waals surface area contributed by atoms with E-state index in [2.05, 4.69) is 46.7 Å². The number of carbonyl (C=O) groups excluding carboxylic acids is 1. The van der Waals surface area contributed by atoms with Gasteiger partial charge in [-0.25, -0.2) is 0 Å². The summed E-state index contributed by atoms with van der Waals surface area (Å²) in [6.45, 7) is 4.59. The molecule has 1 N–H and O–H groups in total. The van der Waals surface area contributed by atoms with Crippen molar-refractivity contribution in [2.24, 2.45) is 7.05 Å². The summed E-state index contributed by atoms with van der Waals surface area (Å²) < 4.78 is 3.47. The Balaban J connectivity index is 1.68. The van der Waals surface area contributed by atoms with Gasteiger partial charge < -0.3 is 5.32 Å². The van der Waals surface area contributed by atoms with E-state index in [1.807, 2.05) is 20.2 Å². The zero-order valence-corrected chi connectivity index (χ0v) is 13.4. The van der Waals surface area contributed by atoms with Crippen molar-refractivity contribution in [3.8, 4) is 0 Å². The molecule has 3 aromatic rings. The molecule has 0 aliphatic rings. The molecule has 2 heterocycles. The standard InChI is InChI=1S/C17H19N5O/c1-12-4-6-14(7-5-12)11-22-9-8-16(20-22)19-17(23)15-10-18-21(3)13(15)2/h4-10H,11H2,1-3H3,(H,19,20,23). The molecule has 23 heavy (non-hydrogen) atoms. The molecule has 1 amide bonds. The fraction of sp³-hybridized carbons (Fsp3) is 0.235. The number of hydrogen-bond donors (Lipinski definition) is 1. The number of aromatic nitrogens is 4. The Kier molecular flexibility index (Phi) is 3.97. The second-order valence-corrected chi connectivity index (χ2v) is 5.61. The summed E-state index contributed by atoms with van der Waals surface area (Å²) in [6.07, 6.45) is 3.42. The summed E-state index contributed by atoms with van der Waals surface area (Å²) in [7, 11) is 1.81. The highest BCUT2D eigenvalue weighted by Gasteiger charge is 2.14. The van der Waals surface area contributed by atoms with Gasteiger partial charge in [0.25, 0.3) is 5.91 Å². The molecule has 1 aromatic carbocycles. The van der Waals surface area contributed by atoms with E-state index in [0.29, 0.717) is 17.9 Å². The second-order valence-electron chi connectivity index (χ2n) is 5.61. The van der Waals surface area contributed by atoms with E-state index < -0.39 is 0 Å². The van der Waals surface area contributed by atoms with Gasteiger partial charge in [0.1, 0.15) is 0 Å². The van der Waals surface area contributed by atoms with Crippen LogP contribution in [0.2, 0.25) is 0 Å². The summed E-state index contributed by atoms with van der Waals surface area (Å²) in [6, 6.07) is 10.1. The van der Waals surface area contributed by atoms with Crippen molar-refractivity contribution in [1.29, 1.82) is 0 Å². The molecule has 0 aliphatic heterocycles. The summed E-state index contributed by atoms with van der Waals surface area (Å²) in [4.78, 5) is 12.2. The van der Waals surface area contributed by atoms with Gasteiger partial charge in [-0.3, -0.25) is 14.2 Å². The smallest absolute Gasteiger partial charge is 0.260 e. The molecule has 0 saturated heterocycles. The van der Waals surface area contributed by atoms with Crippen LogP contribution in [0.25, 0.3) is 0 Å². The van der Waals surface area contributed by atoms with Gasteiger partial charge in [-0.05, 0) is 19.4 Å². The molecular weight excluding hydrogens is 290 g/mol. The van der Waals surface area contributed by atoms with Gasteiger partial charge in [0, 0.05) is 25.0 Å². The van der Waals surface area contributed by atoms with Crippen LogP contribution in [-0.2, 0) is 13.6 Å². The summed E-state index contributed by atoms with van der Waals surface area (Å²) >= 11 is 0. The molecule has 2 aromatic heterocycles. The van der Waals surface area contributed by atoms with Crippen LogP contribution in [0.15, 0.2) is 42.7 Å². The van der Waals surface area contributed by atoms with Crippen LogP contribution in [0.3, 0.4) is 0 Å². The van der Waals surface area contributed by atoms with Gasteiger partial charge in [-0.15, -0.1) is 0 Å². The minimum atomic E-state index is -0.198. The van der Waals surface area contributed by atoms with Crippen molar-refractivity contribution in [2.75, 3.05) is 5.32 Å². The Bertz CT molecular complexity index is 829. The third-order valence-electron chi connectivity index (χ3n) is 3.83. The topological polar surface area (TPSA) is 64.7 Å². The monoisotopic (exact) mass is 309 g/mol. The lowest BCUT2D eigenvalue weighted by Crippen LogP contribution is -2.13. The lowest BCUT2D eigenvalue weighted by atomic mass is 10.1. The van der Waals surface area contributed by atoms with Crippen LogP contribution in [0, 0.1) is 13.8 Å². The van der Waals surface area contributed by atoms with Gasteiger partial charge in [0.15, 0.2) is 5.82 Å². The molecule has 3 rings (SSSR count). The number of carbonyl (C=O) groups is 1. The number of hydrogen-bond acceptors (Lipinski definition) is 3. The maximum absolute atomic E-state index is 12.2. The van der Waals surface area contributed by atoms with Crippen molar-refractivity contribution < 1.29 is 4.79 Å². The van der Waals surface area contributed by atoms with E-state index in [1.165, 1.54) is 11.1 Å². The van der Waals surface area contributed by atoms with Crippen molar-refractivity contribution in [3.63, 3.8) is 0 Å². The fourth-order valence-corrected chi connectivity index (χ4v) is 2.30. The predicted molar refractivity (Wildman–Crippen MR) is 88.4 cm³/mol. The van der Waals surface area contributed by atoms with E-state index >= 15 is 0 Å². The molecule has 6 nitrogen and oxygen atoms in total. The Morgan fingerprint density at radius 1 is 1.17 bits per heavy atom. The largest absolute Gasteiger partial charge is 0.305 e. The van der Waals surface area contributed by atoms with Crippen LogP contribution < -0.4 is 5.32 Å². The first-order valence-electron chi connectivity index (χ1n) is 7.42. The van der Waals surface area contributed by atoms with E-state index in [-0.39, 0.29) is 5.91 Å². The first-order valence-corrected chi connectivity index (χ1v) is 7.42. The molecule has 0 saturated carbocycles. The number of aryl methyl sites for hydroxylation is 2. The highest BCUT2D eigenvalue weighted by Crippen LogP contribution is 2.11. The van der Waals surface area contributed by atoms with Gasteiger partial charge in [0.05, 0.1) is 18.3 Å². The lowest BCUT2D eigenvalue weighted by molar-refractivity contribution is 0.102. The molecule has 0 radical (unpaired) electrons. The molecule has 6 heteroatoms. The lowest BCUT2D eigenvalue weighted by Gasteiger charge is -2.03. The summed E-state index contributed by atoms with van der Waals surface area (Å²) in [5, 5.41) is 11.3. The van der Waals surface area contributed by atoms with E-state index in [9.17, 15) is 4.79 Å². The average Bonchev–Trinajstić information content (AvgIpc) is 3.09. The van der Waals surface area contributed by atoms with Gasteiger partial charge >= 0.3 is 0 Å². The molecule has 0 fully saturated rings. The summed E-state index contributed by atoms with van der Waals surface area (Å²) in [5.41, 5.74) is 3.77. The number of benzene rings is 1. The third-order valence-corrected chi connectivity index (χ3v) is 3.83. The van der Waals surface area contributed by atoms with Crippen LogP contribution in [-0.4, -0.2) is 25.5 Å². The molecule has 118 valence electrons. The zero-order chi connectivity index (χ0) is 16.4. The van der Waals surface area contributed by atoms with Crippen molar-refractivity contribution in [2.45, 2.75) is 20.4 Å². The summed E-state index contributed by atoms with van der Waals surface area (Å²) in [5.74, 6) is 0.335. The average molecular weight is 309 g/mol. The third kappa shape index (κ3) is 3.31. The van der Waals surface area contributed by atoms with Crippen molar-refractivity contribution in [1.82, 2.24) is 19.6 Å². The van der Waals surface area contributed by atoms with Gasteiger partial charge in [-0.1, -0.05) is 29.8 Å². The SMILES string of the molecule is Cc1ccc(Cn2ccc(NC(=O)c3cnn(C)c3C)n2)cc1. The maximum Gasteiger partial charge on any atom is 0.260 e. The number of nitrogens with one attached hydrogen (secondary N) is 1. The quantitative estimate of drug-likeness (QED) is 0.805. The minimum Gasteiger partial charge on any atom is -0.305 e. The van der Waals surface area contributed by atoms with Crippen LogP contribution >= 0.6 is 0 Å². The van der Waals surface area contributed by atoms with E-state index in [1.54, 1.807) is 21.6 Å². The molecule has 0 spiro atoms. The Labute approximate surface area is 134 Å². The molecule has 0 aliphatic carbocycles. The number of nitrogens with zero attached hydrogens (tertiary/aromatic N) is 4. The Hall–Kier alpha value is -2.89. The van der Waals surface area contributed by atoms with E-state index in [4.69, 9.17) is 0 Å². The number of anilines is 1. The number of rotatable bonds is 4. The first-order chi connectivity index (χ1) is 11.0. The predicted octanol–water partition coefficient (Wildman–Crippen LogP) is 2.53. The van der Waals surface area contributed by atoms with Crippen LogP contribution in [0.5, 0.6) is 0 Å². The van der Waals surface area contributed by atoms with Crippen LogP contribution in [0.4, 0.5) is 5.82 Å². The highest BCUT2D eigenvalue weighted by atomic mass is 16.1. The Morgan fingerprint density at radius 3 is 2.57 bits per heavy atom. The minimum absolute atomic E-state index is 0.198. The van der Waals surface area contributed by atoms with Gasteiger partial charge in [0.2, 0.25) is 0 Å². The highest BCUT2D eigenvalue weighted by molar-refractivity contribution is 6.04. The van der Waals surface area contributed by atoms with Crippen LogP contribution in [0.1, 0.15) is 27.2 Å². The normalized spacial score (nSPS) is 10.7. The van der Waals surface area contributed by atoms with E-state index in [0.717, 1.165) is 5.69 Å². The Morgan fingerprint density at radius 2 is 1.91 bits per heavy atom. The second kappa shape index (κ2) is 6.08. The van der Waals surface area contributed by atoms with Crippen molar-refractivity contribution >= 4 is 11.7 Å². The first kappa shape index (κ1) is 15.0. The molecule has 0 bridgehead atoms. The fourth-order valence-electron chi connectivity index (χ4n) is 2.30.